The number of ether oxygens (including phenoxy) is 2. The fourth-order valence-corrected chi connectivity index (χ4v) is 6.32. The van der Waals surface area contributed by atoms with Crippen molar-refractivity contribution in [2.45, 2.75) is 45.7 Å². The molecule has 2 saturated heterocycles. The molecular formula is C36H45N5O4S. The SMILES string of the molecule is CCCOc1ccc(NC(=O)C[C@H]2C(=O)N(c3ccc(OCC)cc3)C(=S)N2CCCN2CCN(Cc3ccccc3)CC2)cc1. The smallest absolute Gasteiger partial charge is 0.256 e. The Balaban J connectivity index is 1.20. The third-order valence-corrected chi connectivity index (χ3v) is 8.72. The molecule has 5 rings (SSSR count). The zero-order valence-corrected chi connectivity index (χ0v) is 27.7. The average Bonchev–Trinajstić information content (AvgIpc) is 3.30. The Labute approximate surface area is 278 Å². The van der Waals surface area contributed by atoms with Crippen molar-refractivity contribution in [3.05, 3.63) is 84.4 Å². The molecule has 0 radical (unpaired) electrons. The van der Waals surface area contributed by atoms with Crippen molar-refractivity contribution in [2.75, 3.05) is 62.7 Å². The number of carbonyl (C=O) groups is 2. The summed E-state index contributed by atoms with van der Waals surface area (Å²) in [6.07, 6.45) is 1.75. The van der Waals surface area contributed by atoms with Crippen molar-refractivity contribution in [3.8, 4) is 11.5 Å². The molecule has 46 heavy (non-hydrogen) atoms. The highest BCUT2D eigenvalue weighted by Crippen LogP contribution is 2.29. The number of hydrogen-bond donors (Lipinski definition) is 1. The Bertz CT molecular complexity index is 1430. The highest BCUT2D eigenvalue weighted by atomic mass is 32.1. The van der Waals surface area contributed by atoms with Gasteiger partial charge >= 0.3 is 0 Å². The Kier molecular flexibility index (Phi) is 12.0. The molecule has 0 saturated carbocycles. The molecule has 2 aliphatic rings. The summed E-state index contributed by atoms with van der Waals surface area (Å²) in [5.74, 6) is 1.05. The highest BCUT2D eigenvalue weighted by molar-refractivity contribution is 7.80. The zero-order valence-electron chi connectivity index (χ0n) is 26.9. The summed E-state index contributed by atoms with van der Waals surface area (Å²) in [6, 6.07) is 24.6. The van der Waals surface area contributed by atoms with Crippen LogP contribution in [0.15, 0.2) is 78.9 Å². The normalized spacial score (nSPS) is 17.4. The molecule has 244 valence electrons. The van der Waals surface area contributed by atoms with Crippen molar-refractivity contribution in [1.29, 1.82) is 0 Å². The molecular weight excluding hydrogens is 598 g/mol. The van der Waals surface area contributed by atoms with E-state index in [9.17, 15) is 9.59 Å². The third kappa shape index (κ3) is 8.84. The maximum Gasteiger partial charge on any atom is 0.256 e. The summed E-state index contributed by atoms with van der Waals surface area (Å²) in [7, 11) is 0. The lowest BCUT2D eigenvalue weighted by molar-refractivity contribution is -0.124. The van der Waals surface area contributed by atoms with E-state index in [4.69, 9.17) is 21.7 Å². The van der Waals surface area contributed by atoms with Crippen LogP contribution in [-0.4, -0.2) is 90.2 Å². The number of anilines is 2. The van der Waals surface area contributed by atoms with E-state index in [0.29, 0.717) is 36.2 Å². The maximum absolute atomic E-state index is 13.9. The topological polar surface area (TPSA) is 77.6 Å². The number of nitrogens with one attached hydrogen (secondary N) is 1. The van der Waals surface area contributed by atoms with Gasteiger partial charge in [-0.3, -0.25) is 19.4 Å². The number of thiocarbonyl (C=S) groups is 1. The van der Waals surface area contributed by atoms with Crippen LogP contribution in [0.2, 0.25) is 0 Å². The van der Waals surface area contributed by atoms with E-state index in [1.165, 1.54) is 5.56 Å². The zero-order chi connectivity index (χ0) is 32.3. The molecule has 0 aliphatic carbocycles. The van der Waals surface area contributed by atoms with Crippen LogP contribution in [0.5, 0.6) is 11.5 Å². The number of rotatable bonds is 15. The molecule has 0 spiro atoms. The maximum atomic E-state index is 13.9. The van der Waals surface area contributed by atoms with Crippen LogP contribution >= 0.6 is 12.2 Å². The van der Waals surface area contributed by atoms with Gasteiger partial charge in [0.25, 0.3) is 5.91 Å². The van der Waals surface area contributed by atoms with Crippen LogP contribution in [-0.2, 0) is 16.1 Å². The van der Waals surface area contributed by atoms with Crippen LogP contribution in [0, 0.1) is 0 Å². The number of benzene rings is 3. The molecule has 10 heteroatoms. The van der Waals surface area contributed by atoms with Crippen LogP contribution in [0.4, 0.5) is 11.4 Å². The Hall–Kier alpha value is -3.99. The predicted octanol–water partition coefficient (Wildman–Crippen LogP) is 5.41. The van der Waals surface area contributed by atoms with Crippen LogP contribution in [0.1, 0.15) is 38.7 Å². The summed E-state index contributed by atoms with van der Waals surface area (Å²) < 4.78 is 11.2. The molecule has 2 heterocycles. The summed E-state index contributed by atoms with van der Waals surface area (Å²) in [6.45, 7) is 11.7. The molecule has 0 bridgehead atoms. The van der Waals surface area contributed by atoms with Crippen molar-refractivity contribution < 1.29 is 19.1 Å². The van der Waals surface area contributed by atoms with Gasteiger partial charge < -0.3 is 24.6 Å². The van der Waals surface area contributed by atoms with Gasteiger partial charge in [0.2, 0.25) is 5.91 Å². The van der Waals surface area contributed by atoms with Gasteiger partial charge in [-0.05, 0) is 92.6 Å². The van der Waals surface area contributed by atoms with E-state index in [0.717, 1.165) is 63.6 Å². The minimum absolute atomic E-state index is 0.00124. The number of amides is 2. The first-order chi connectivity index (χ1) is 22.4. The monoisotopic (exact) mass is 643 g/mol. The second kappa shape index (κ2) is 16.5. The summed E-state index contributed by atoms with van der Waals surface area (Å²) >= 11 is 5.90. The largest absolute Gasteiger partial charge is 0.494 e. The first-order valence-electron chi connectivity index (χ1n) is 16.3. The highest BCUT2D eigenvalue weighted by Gasteiger charge is 2.44. The molecule has 1 atom stereocenters. The van der Waals surface area contributed by atoms with E-state index >= 15 is 0 Å². The van der Waals surface area contributed by atoms with Gasteiger partial charge in [0.05, 0.1) is 25.3 Å². The first-order valence-corrected chi connectivity index (χ1v) is 16.7. The van der Waals surface area contributed by atoms with Crippen molar-refractivity contribution in [3.63, 3.8) is 0 Å². The van der Waals surface area contributed by atoms with Crippen LogP contribution in [0.25, 0.3) is 0 Å². The van der Waals surface area contributed by atoms with E-state index in [-0.39, 0.29) is 18.2 Å². The molecule has 3 aromatic carbocycles. The Morgan fingerprint density at radius 2 is 1.50 bits per heavy atom. The molecule has 0 unspecified atom stereocenters. The van der Waals surface area contributed by atoms with Crippen molar-refractivity contribution in [1.82, 2.24) is 14.7 Å². The number of nitrogens with zero attached hydrogens (tertiary/aromatic N) is 4. The minimum Gasteiger partial charge on any atom is -0.494 e. The molecule has 2 aliphatic heterocycles. The molecule has 0 aromatic heterocycles. The van der Waals surface area contributed by atoms with Crippen LogP contribution < -0.4 is 19.7 Å². The van der Waals surface area contributed by atoms with Gasteiger partial charge in [-0.2, -0.15) is 0 Å². The Morgan fingerprint density at radius 3 is 2.17 bits per heavy atom. The molecule has 2 fully saturated rings. The number of piperazine rings is 1. The molecule has 9 nitrogen and oxygen atoms in total. The van der Waals surface area contributed by atoms with E-state index in [1.807, 2.05) is 60.4 Å². The summed E-state index contributed by atoms with van der Waals surface area (Å²) in [5, 5.41) is 3.38. The predicted molar refractivity (Wildman–Crippen MR) is 186 cm³/mol. The van der Waals surface area contributed by atoms with Gasteiger partial charge in [0.1, 0.15) is 17.5 Å². The lowest BCUT2D eigenvalue weighted by Crippen LogP contribution is -2.47. The quantitative estimate of drug-likeness (QED) is 0.220. The number of carbonyl (C=O) groups excluding carboxylic acids is 2. The second-order valence-corrected chi connectivity index (χ2v) is 12.0. The van der Waals surface area contributed by atoms with E-state index in [2.05, 4.69) is 52.4 Å². The second-order valence-electron chi connectivity index (χ2n) is 11.7. The Morgan fingerprint density at radius 1 is 0.848 bits per heavy atom. The fraction of sp³-hybridized carbons (Fsp3) is 0.417. The standard InChI is InChI=1S/C36H45N5O4S/c1-3-25-45-32-15-11-29(12-16-32)37-34(42)26-33-35(43)41(30-13-17-31(18-14-30)44-4-2)36(46)40(33)20-8-19-38-21-23-39(24-22-38)27-28-9-6-5-7-10-28/h5-7,9-18,33H,3-4,8,19-27H2,1-2H3,(H,37,42)/t33-/m0/s1. The van der Waals surface area contributed by atoms with E-state index < -0.39 is 6.04 Å². The number of hydrogen-bond acceptors (Lipinski definition) is 7. The van der Waals surface area contributed by atoms with Gasteiger partial charge in [-0.15, -0.1) is 0 Å². The van der Waals surface area contributed by atoms with Gasteiger partial charge in [-0.25, -0.2) is 0 Å². The van der Waals surface area contributed by atoms with Gasteiger partial charge in [0.15, 0.2) is 5.11 Å². The van der Waals surface area contributed by atoms with Crippen molar-refractivity contribution >= 4 is 40.5 Å². The van der Waals surface area contributed by atoms with Gasteiger partial charge in [-0.1, -0.05) is 37.3 Å². The fourth-order valence-electron chi connectivity index (χ4n) is 5.90. The summed E-state index contributed by atoms with van der Waals surface area (Å²) in [5.41, 5.74) is 2.67. The van der Waals surface area contributed by atoms with E-state index in [1.54, 1.807) is 4.90 Å². The first kappa shape index (κ1) is 33.4. The average molecular weight is 644 g/mol. The van der Waals surface area contributed by atoms with Gasteiger partial charge in [0, 0.05) is 45.0 Å². The van der Waals surface area contributed by atoms with Crippen LogP contribution in [0.3, 0.4) is 0 Å². The molecule has 2 amide bonds. The summed E-state index contributed by atoms with van der Waals surface area (Å²) in [4.78, 5) is 35.6. The lowest BCUT2D eigenvalue weighted by atomic mass is 10.1. The lowest BCUT2D eigenvalue weighted by Gasteiger charge is -2.35. The third-order valence-electron chi connectivity index (χ3n) is 8.30. The van der Waals surface area contributed by atoms with Crippen molar-refractivity contribution in [2.24, 2.45) is 0 Å². The molecule has 3 aromatic rings. The minimum atomic E-state index is -0.686. The molecule has 1 N–H and O–H groups in total.